The fourth-order valence-corrected chi connectivity index (χ4v) is 3.36. The lowest BCUT2D eigenvalue weighted by Crippen LogP contribution is -2.24. The van der Waals surface area contributed by atoms with E-state index in [4.69, 9.17) is 0 Å². The molecule has 0 unspecified atom stereocenters. The number of hydrogen-bond donors (Lipinski definition) is 1. The number of carbonyl (C=O) groups excluding carboxylic acids is 2. The van der Waals surface area contributed by atoms with Gasteiger partial charge in [-0.15, -0.1) is 10.2 Å². The molecule has 3 rings (SSSR count). The van der Waals surface area contributed by atoms with E-state index in [1.807, 2.05) is 31.2 Å². The van der Waals surface area contributed by atoms with Crippen molar-refractivity contribution in [3.05, 3.63) is 34.8 Å². The van der Waals surface area contributed by atoms with Crippen LogP contribution in [0.3, 0.4) is 0 Å². The number of rotatable bonds is 4. The summed E-state index contributed by atoms with van der Waals surface area (Å²) in [6.07, 6.45) is 0.822. The average molecular weight is 330 g/mol. The van der Waals surface area contributed by atoms with Crippen molar-refractivity contribution < 1.29 is 9.59 Å². The van der Waals surface area contributed by atoms with E-state index >= 15 is 0 Å². The lowest BCUT2D eigenvalue weighted by molar-refractivity contribution is -0.117. The van der Waals surface area contributed by atoms with E-state index in [0.29, 0.717) is 24.5 Å². The maximum Gasteiger partial charge on any atom is 0.227 e. The fraction of sp³-hybridized carbons (Fsp3) is 0.375. The molecular weight excluding hydrogens is 312 g/mol. The van der Waals surface area contributed by atoms with Gasteiger partial charge in [0.05, 0.1) is 0 Å². The Morgan fingerprint density at radius 1 is 1.35 bits per heavy atom. The zero-order chi connectivity index (χ0) is 16.4. The Balaban J connectivity index is 1.72. The van der Waals surface area contributed by atoms with Crippen LogP contribution in [0.5, 0.6) is 0 Å². The normalized spacial score (nSPS) is 17.6. The molecule has 1 aromatic carbocycles. The van der Waals surface area contributed by atoms with E-state index in [1.165, 1.54) is 11.3 Å². The number of anilines is 2. The Labute approximate surface area is 138 Å². The molecule has 1 N–H and O–H groups in total. The van der Waals surface area contributed by atoms with Gasteiger partial charge in [-0.1, -0.05) is 36.0 Å². The standard InChI is InChI=1S/C16H18N4O2S/c1-3-13(21)17-16-19-18-15(23-16)11-8-14(22)20(9-11)12-6-4-10(2)5-7-12/h4-7,11H,3,8-9H2,1-2H3,(H,17,19,21)/t11-/m0/s1. The highest BCUT2D eigenvalue weighted by atomic mass is 32.1. The summed E-state index contributed by atoms with van der Waals surface area (Å²) in [7, 11) is 0. The number of carbonyl (C=O) groups is 2. The lowest BCUT2D eigenvalue weighted by atomic mass is 10.1. The van der Waals surface area contributed by atoms with Crippen LogP contribution in [0.25, 0.3) is 0 Å². The average Bonchev–Trinajstić information content (AvgIpc) is 3.15. The largest absolute Gasteiger partial charge is 0.312 e. The van der Waals surface area contributed by atoms with Crippen molar-refractivity contribution in [2.75, 3.05) is 16.8 Å². The van der Waals surface area contributed by atoms with Gasteiger partial charge in [0.1, 0.15) is 5.01 Å². The van der Waals surface area contributed by atoms with Crippen LogP contribution in [-0.2, 0) is 9.59 Å². The number of nitrogens with zero attached hydrogens (tertiary/aromatic N) is 3. The third-order valence-electron chi connectivity index (χ3n) is 3.83. The molecule has 1 aliphatic heterocycles. The third kappa shape index (κ3) is 3.39. The van der Waals surface area contributed by atoms with Gasteiger partial charge in [-0.25, -0.2) is 0 Å². The van der Waals surface area contributed by atoms with Gasteiger partial charge in [-0.2, -0.15) is 0 Å². The van der Waals surface area contributed by atoms with Gasteiger partial charge in [0.2, 0.25) is 16.9 Å². The molecule has 1 fully saturated rings. The first-order chi connectivity index (χ1) is 11.1. The molecule has 1 saturated heterocycles. The predicted molar refractivity (Wildman–Crippen MR) is 89.7 cm³/mol. The second kappa shape index (κ2) is 6.45. The maximum atomic E-state index is 12.3. The first kappa shape index (κ1) is 15.6. The minimum absolute atomic E-state index is 0.0218. The second-order valence-electron chi connectivity index (χ2n) is 5.59. The molecule has 1 atom stereocenters. The monoisotopic (exact) mass is 330 g/mol. The SMILES string of the molecule is CCC(=O)Nc1nnc([C@H]2CC(=O)N(c3ccc(C)cc3)C2)s1. The predicted octanol–water partition coefficient (Wildman–Crippen LogP) is 2.72. The molecule has 2 heterocycles. The summed E-state index contributed by atoms with van der Waals surface area (Å²) in [5, 5.41) is 12.1. The Bertz CT molecular complexity index is 726. The second-order valence-corrected chi connectivity index (χ2v) is 6.60. The van der Waals surface area contributed by atoms with Gasteiger partial charge in [0.25, 0.3) is 0 Å². The smallest absolute Gasteiger partial charge is 0.227 e. The van der Waals surface area contributed by atoms with Gasteiger partial charge >= 0.3 is 0 Å². The molecule has 6 nitrogen and oxygen atoms in total. The van der Waals surface area contributed by atoms with Crippen LogP contribution >= 0.6 is 11.3 Å². The summed E-state index contributed by atoms with van der Waals surface area (Å²) in [5.41, 5.74) is 2.07. The summed E-state index contributed by atoms with van der Waals surface area (Å²) in [4.78, 5) is 25.5. The Kier molecular flexibility index (Phi) is 4.38. The van der Waals surface area contributed by atoms with Gasteiger partial charge in [-0.3, -0.25) is 9.59 Å². The lowest BCUT2D eigenvalue weighted by Gasteiger charge is -2.16. The van der Waals surface area contributed by atoms with Gasteiger partial charge in [0, 0.05) is 31.0 Å². The van der Waals surface area contributed by atoms with Gasteiger partial charge < -0.3 is 10.2 Å². The number of hydrogen-bond acceptors (Lipinski definition) is 5. The third-order valence-corrected chi connectivity index (χ3v) is 4.83. The molecule has 1 aliphatic rings. The Hall–Kier alpha value is -2.28. The van der Waals surface area contributed by atoms with Crippen LogP contribution < -0.4 is 10.2 Å². The molecule has 0 aliphatic carbocycles. The molecule has 0 bridgehead atoms. The zero-order valence-electron chi connectivity index (χ0n) is 13.1. The van der Waals surface area contributed by atoms with E-state index in [0.717, 1.165) is 16.3 Å². The van der Waals surface area contributed by atoms with Crippen molar-refractivity contribution in [1.29, 1.82) is 0 Å². The molecule has 0 radical (unpaired) electrons. The fourth-order valence-electron chi connectivity index (χ4n) is 2.50. The van der Waals surface area contributed by atoms with Crippen molar-refractivity contribution in [2.24, 2.45) is 0 Å². The van der Waals surface area contributed by atoms with Crippen molar-refractivity contribution >= 4 is 34.0 Å². The highest BCUT2D eigenvalue weighted by Gasteiger charge is 2.33. The van der Waals surface area contributed by atoms with Crippen molar-refractivity contribution in [2.45, 2.75) is 32.6 Å². The van der Waals surface area contributed by atoms with Crippen LogP contribution in [0.15, 0.2) is 24.3 Å². The summed E-state index contributed by atoms with van der Waals surface area (Å²) >= 11 is 1.34. The van der Waals surface area contributed by atoms with E-state index in [-0.39, 0.29) is 17.7 Å². The number of aryl methyl sites for hydroxylation is 1. The van der Waals surface area contributed by atoms with Crippen LogP contribution in [-0.4, -0.2) is 28.6 Å². The minimum atomic E-state index is -0.0866. The topological polar surface area (TPSA) is 75.2 Å². The molecular formula is C16H18N4O2S. The number of amides is 2. The zero-order valence-corrected chi connectivity index (χ0v) is 13.9. The first-order valence-corrected chi connectivity index (χ1v) is 8.38. The van der Waals surface area contributed by atoms with Crippen LogP contribution in [0.2, 0.25) is 0 Å². The van der Waals surface area contributed by atoms with E-state index in [2.05, 4.69) is 15.5 Å². The molecule has 0 spiro atoms. The van der Waals surface area contributed by atoms with E-state index in [9.17, 15) is 9.59 Å². The number of nitrogens with one attached hydrogen (secondary N) is 1. The van der Waals surface area contributed by atoms with Crippen LogP contribution in [0.1, 0.15) is 36.3 Å². The van der Waals surface area contributed by atoms with E-state index in [1.54, 1.807) is 11.8 Å². The van der Waals surface area contributed by atoms with Crippen LogP contribution in [0, 0.1) is 6.92 Å². The van der Waals surface area contributed by atoms with Crippen molar-refractivity contribution in [1.82, 2.24) is 10.2 Å². The molecule has 7 heteroatoms. The summed E-state index contributed by atoms with van der Waals surface area (Å²) < 4.78 is 0. The van der Waals surface area contributed by atoms with Crippen LogP contribution in [0.4, 0.5) is 10.8 Å². The molecule has 1 aromatic heterocycles. The van der Waals surface area contributed by atoms with Gasteiger partial charge in [-0.05, 0) is 19.1 Å². The Morgan fingerprint density at radius 2 is 2.09 bits per heavy atom. The minimum Gasteiger partial charge on any atom is -0.312 e. The summed E-state index contributed by atoms with van der Waals surface area (Å²) in [6, 6.07) is 7.92. The molecule has 0 saturated carbocycles. The van der Waals surface area contributed by atoms with Crippen molar-refractivity contribution in [3.63, 3.8) is 0 Å². The number of aromatic nitrogens is 2. The first-order valence-electron chi connectivity index (χ1n) is 7.57. The Morgan fingerprint density at radius 3 is 2.78 bits per heavy atom. The highest BCUT2D eigenvalue weighted by molar-refractivity contribution is 7.15. The van der Waals surface area contributed by atoms with Crippen molar-refractivity contribution in [3.8, 4) is 0 Å². The number of benzene rings is 1. The summed E-state index contributed by atoms with van der Waals surface area (Å²) in [5.74, 6) is 0.0262. The van der Waals surface area contributed by atoms with Gasteiger partial charge in [0.15, 0.2) is 0 Å². The quantitative estimate of drug-likeness (QED) is 0.935. The molecule has 2 aromatic rings. The molecule has 23 heavy (non-hydrogen) atoms. The maximum absolute atomic E-state index is 12.3. The molecule has 120 valence electrons. The molecule has 2 amide bonds. The van der Waals surface area contributed by atoms with E-state index < -0.39 is 0 Å². The highest BCUT2D eigenvalue weighted by Crippen LogP contribution is 2.34. The summed E-state index contributed by atoms with van der Waals surface area (Å²) in [6.45, 7) is 4.40.